The van der Waals surface area contributed by atoms with Crippen molar-refractivity contribution in [1.29, 1.82) is 0 Å². The summed E-state index contributed by atoms with van der Waals surface area (Å²) < 4.78 is 2.58. The topological polar surface area (TPSA) is 48.0 Å². The minimum Gasteiger partial charge on any atom is -0.398 e. The number of nitrogens with zero attached hydrogens (tertiary/aromatic N) is 1. The summed E-state index contributed by atoms with van der Waals surface area (Å²) in [5, 5.41) is 1.17. The highest BCUT2D eigenvalue weighted by atomic mass is 35.5. The van der Waals surface area contributed by atoms with Gasteiger partial charge < -0.3 is 5.73 Å². The van der Waals surface area contributed by atoms with Crippen LogP contribution >= 0.6 is 23.1 Å². The van der Waals surface area contributed by atoms with Gasteiger partial charge in [-0.3, -0.25) is 4.79 Å². The van der Waals surface area contributed by atoms with E-state index in [1.807, 2.05) is 24.3 Å². The third kappa shape index (κ3) is 1.70. The van der Waals surface area contributed by atoms with Gasteiger partial charge in [-0.2, -0.15) is 0 Å². The maximum absolute atomic E-state index is 12.2. The first-order valence-corrected chi connectivity index (χ1v) is 6.48. The smallest absolute Gasteiger partial charge is 0.273 e. The number of nitrogen functional groups attached to an aromatic ring is 1. The van der Waals surface area contributed by atoms with Gasteiger partial charge in [0.05, 0.1) is 26.5 Å². The van der Waals surface area contributed by atoms with Crippen molar-refractivity contribution in [3.05, 3.63) is 57.8 Å². The number of nitrogens with two attached hydrogens (primary N) is 1. The normalized spacial score (nSPS) is 10.9. The monoisotopic (exact) mass is 276 g/mol. The van der Waals surface area contributed by atoms with Crippen molar-refractivity contribution in [2.45, 2.75) is 0 Å². The lowest BCUT2D eigenvalue weighted by Gasteiger charge is -2.02. The van der Waals surface area contributed by atoms with Crippen molar-refractivity contribution >= 4 is 38.9 Å². The summed E-state index contributed by atoms with van der Waals surface area (Å²) in [5.41, 5.74) is 6.88. The van der Waals surface area contributed by atoms with Crippen molar-refractivity contribution in [2.24, 2.45) is 0 Å². The summed E-state index contributed by atoms with van der Waals surface area (Å²) in [4.78, 5) is 12.2. The van der Waals surface area contributed by atoms with Crippen LogP contribution in [-0.2, 0) is 0 Å². The molecule has 90 valence electrons. The van der Waals surface area contributed by atoms with Crippen molar-refractivity contribution in [3.63, 3.8) is 0 Å². The summed E-state index contributed by atoms with van der Waals surface area (Å²) >= 11 is 7.38. The quantitative estimate of drug-likeness (QED) is 0.693. The van der Waals surface area contributed by atoms with Gasteiger partial charge in [0.15, 0.2) is 0 Å². The molecule has 0 aliphatic heterocycles. The van der Waals surface area contributed by atoms with Crippen molar-refractivity contribution in [1.82, 2.24) is 3.96 Å². The van der Waals surface area contributed by atoms with E-state index in [1.54, 1.807) is 22.2 Å². The van der Waals surface area contributed by atoms with Crippen molar-refractivity contribution in [2.75, 3.05) is 5.73 Å². The number of hydrogen-bond acceptors (Lipinski definition) is 3. The molecule has 3 nitrogen and oxygen atoms in total. The summed E-state index contributed by atoms with van der Waals surface area (Å²) in [6, 6.07) is 12.7. The Hall–Kier alpha value is -1.78. The summed E-state index contributed by atoms with van der Waals surface area (Å²) in [6.45, 7) is 0. The first kappa shape index (κ1) is 11.3. The van der Waals surface area contributed by atoms with E-state index < -0.39 is 0 Å². The fraction of sp³-hybridized carbons (Fsp3) is 0. The maximum atomic E-state index is 12.2. The second kappa shape index (κ2) is 4.15. The predicted octanol–water partition coefficient (Wildman–Crippen LogP) is 3.29. The molecule has 18 heavy (non-hydrogen) atoms. The predicted molar refractivity (Wildman–Crippen MR) is 76.8 cm³/mol. The van der Waals surface area contributed by atoms with E-state index in [9.17, 15) is 4.79 Å². The molecule has 0 bridgehead atoms. The Kier molecular flexibility index (Phi) is 2.61. The molecule has 0 aliphatic rings. The molecule has 0 atom stereocenters. The summed E-state index contributed by atoms with van der Waals surface area (Å²) in [5.74, 6) is 0. The van der Waals surface area contributed by atoms with E-state index in [2.05, 4.69) is 0 Å². The maximum Gasteiger partial charge on any atom is 0.273 e. The van der Waals surface area contributed by atoms with Crippen LogP contribution in [0.4, 0.5) is 5.69 Å². The summed E-state index contributed by atoms with van der Waals surface area (Å²) in [7, 11) is 0. The third-order valence-corrected chi connectivity index (χ3v) is 4.15. The zero-order valence-corrected chi connectivity index (χ0v) is 10.8. The number of benzene rings is 2. The van der Waals surface area contributed by atoms with Gasteiger partial charge >= 0.3 is 0 Å². The first-order chi connectivity index (χ1) is 8.66. The van der Waals surface area contributed by atoms with Crippen LogP contribution in [0.25, 0.3) is 15.8 Å². The fourth-order valence-corrected chi connectivity index (χ4v) is 2.95. The molecule has 0 saturated carbocycles. The standard InChI is InChI=1S/C13H9ClN2OS/c14-10-7-8(5-6-11(10)15)16-13(17)9-3-1-2-4-12(9)18-16/h1-7H,15H2. The van der Waals surface area contributed by atoms with Crippen LogP contribution in [0.3, 0.4) is 0 Å². The van der Waals surface area contributed by atoms with Gasteiger partial charge in [0.25, 0.3) is 5.56 Å². The van der Waals surface area contributed by atoms with Crippen LogP contribution < -0.4 is 11.3 Å². The molecule has 2 aromatic carbocycles. The van der Waals surface area contributed by atoms with Crippen LogP contribution in [0, 0.1) is 0 Å². The minimum absolute atomic E-state index is 0.0311. The van der Waals surface area contributed by atoms with E-state index in [0.29, 0.717) is 10.7 Å². The molecule has 2 N–H and O–H groups in total. The highest BCUT2D eigenvalue weighted by Gasteiger charge is 2.09. The van der Waals surface area contributed by atoms with E-state index in [1.165, 1.54) is 11.5 Å². The highest BCUT2D eigenvalue weighted by molar-refractivity contribution is 7.14. The molecule has 0 radical (unpaired) electrons. The Morgan fingerprint density at radius 3 is 2.67 bits per heavy atom. The van der Waals surface area contributed by atoms with Gasteiger partial charge in [-0.25, -0.2) is 3.96 Å². The molecule has 0 saturated heterocycles. The number of aromatic nitrogens is 1. The third-order valence-electron chi connectivity index (χ3n) is 2.71. The lowest BCUT2D eigenvalue weighted by Crippen LogP contribution is -2.10. The van der Waals surface area contributed by atoms with Crippen LogP contribution in [0.2, 0.25) is 5.02 Å². The van der Waals surface area contributed by atoms with Gasteiger partial charge in [-0.05, 0) is 30.3 Å². The van der Waals surface area contributed by atoms with E-state index in [0.717, 1.165) is 15.8 Å². The average molecular weight is 277 g/mol. The van der Waals surface area contributed by atoms with Crippen LogP contribution in [0.5, 0.6) is 0 Å². The Morgan fingerprint density at radius 2 is 1.94 bits per heavy atom. The molecule has 0 fully saturated rings. The van der Waals surface area contributed by atoms with Gasteiger partial charge in [0.1, 0.15) is 0 Å². The molecule has 0 aliphatic carbocycles. The fourth-order valence-electron chi connectivity index (χ4n) is 1.78. The Bertz CT molecular complexity index is 791. The number of hydrogen-bond donors (Lipinski definition) is 1. The van der Waals surface area contributed by atoms with Crippen molar-refractivity contribution in [3.8, 4) is 5.69 Å². The molecule has 1 heterocycles. The largest absolute Gasteiger partial charge is 0.398 e. The van der Waals surface area contributed by atoms with Crippen molar-refractivity contribution < 1.29 is 0 Å². The average Bonchev–Trinajstić information content (AvgIpc) is 2.71. The lowest BCUT2D eigenvalue weighted by atomic mass is 10.2. The van der Waals surface area contributed by atoms with Crippen LogP contribution in [0.1, 0.15) is 0 Å². The highest BCUT2D eigenvalue weighted by Crippen LogP contribution is 2.24. The van der Waals surface area contributed by atoms with Gasteiger partial charge in [-0.1, -0.05) is 35.3 Å². The van der Waals surface area contributed by atoms with Gasteiger partial charge in [-0.15, -0.1) is 0 Å². The van der Waals surface area contributed by atoms with Gasteiger partial charge in [0, 0.05) is 0 Å². The second-order valence-electron chi connectivity index (χ2n) is 3.89. The Morgan fingerprint density at radius 1 is 1.17 bits per heavy atom. The zero-order chi connectivity index (χ0) is 12.7. The number of halogens is 1. The molecule has 3 rings (SSSR count). The van der Waals surface area contributed by atoms with Crippen LogP contribution in [0.15, 0.2) is 47.3 Å². The van der Waals surface area contributed by atoms with E-state index in [4.69, 9.17) is 17.3 Å². The first-order valence-electron chi connectivity index (χ1n) is 5.33. The molecular formula is C13H9ClN2OS. The molecule has 0 unspecified atom stereocenters. The molecule has 5 heteroatoms. The number of rotatable bonds is 1. The summed E-state index contributed by atoms with van der Waals surface area (Å²) in [6.07, 6.45) is 0. The SMILES string of the molecule is Nc1ccc(-n2sc3ccccc3c2=O)cc1Cl. The van der Waals surface area contributed by atoms with Crippen LogP contribution in [-0.4, -0.2) is 3.96 Å². The number of fused-ring (bicyclic) bond motifs is 1. The van der Waals surface area contributed by atoms with Gasteiger partial charge in [0.2, 0.25) is 0 Å². The number of anilines is 1. The second-order valence-corrected chi connectivity index (χ2v) is 5.29. The minimum atomic E-state index is -0.0311. The molecule has 3 aromatic rings. The Labute approximate surface area is 112 Å². The zero-order valence-electron chi connectivity index (χ0n) is 9.26. The molecular weight excluding hydrogens is 268 g/mol. The molecule has 1 aromatic heterocycles. The lowest BCUT2D eigenvalue weighted by molar-refractivity contribution is 1.14. The molecule has 0 amide bonds. The van der Waals surface area contributed by atoms with E-state index in [-0.39, 0.29) is 5.56 Å². The molecule has 0 spiro atoms. The van der Waals surface area contributed by atoms with E-state index >= 15 is 0 Å². The Balaban J connectivity index is 2.28.